The topological polar surface area (TPSA) is 128 Å². The van der Waals surface area contributed by atoms with Crippen molar-refractivity contribution < 1.29 is 24.5 Å². The smallest absolute Gasteiger partial charge is 0.377 e. The number of aromatic nitrogens is 2. The maximum Gasteiger partial charge on any atom is 0.377 e. The predicted octanol–water partition coefficient (Wildman–Crippen LogP) is -1.08. The molecule has 9 nitrogen and oxygen atoms in total. The second-order valence-corrected chi connectivity index (χ2v) is 5.85. The molecule has 0 spiro atoms. The number of carbonyl (C=O) groups is 1. The highest BCUT2D eigenvalue weighted by molar-refractivity contribution is 5.81. The third kappa shape index (κ3) is 3.45. The predicted molar refractivity (Wildman–Crippen MR) is 85.2 cm³/mol. The number of anilines is 1. The molecule has 10 heteroatoms. The van der Waals surface area contributed by atoms with Crippen LogP contribution in [0.1, 0.15) is 6.42 Å². The van der Waals surface area contributed by atoms with Gasteiger partial charge in [-0.25, -0.2) is 13.9 Å². The molecule has 1 aliphatic rings. The first kappa shape index (κ1) is 17.3. The first-order chi connectivity index (χ1) is 11.8. The molecule has 1 saturated heterocycles. The van der Waals surface area contributed by atoms with Crippen molar-refractivity contribution >= 4 is 22.5 Å². The summed E-state index contributed by atoms with van der Waals surface area (Å²) < 4.78 is 12.7. The molecule has 1 aromatic heterocycles. The van der Waals surface area contributed by atoms with E-state index in [-0.39, 0.29) is 16.0 Å². The molecule has 1 aliphatic heterocycles. The largest absolute Gasteiger partial charge is 0.380 e. The molecule has 4 N–H and O–H groups in total. The minimum Gasteiger partial charge on any atom is -0.380 e. The number of aliphatic hydroxyl groups is 3. The molecule has 2 aromatic rings. The van der Waals surface area contributed by atoms with Gasteiger partial charge in [-0.05, 0) is 24.6 Å². The first-order valence-corrected chi connectivity index (χ1v) is 7.59. The van der Waals surface area contributed by atoms with Crippen molar-refractivity contribution in [3.8, 4) is 0 Å². The number of hydrogen-bond donors (Lipinski definition) is 4. The van der Waals surface area contributed by atoms with Crippen LogP contribution >= 0.6 is 0 Å². The summed E-state index contributed by atoms with van der Waals surface area (Å²) in [5.74, 6) is -0.555. The number of rotatable bonds is 4. The Labute approximate surface area is 140 Å². The number of likely N-dealkylation sites (tertiary alicyclic amines) is 1. The van der Waals surface area contributed by atoms with Crippen molar-refractivity contribution in [3.05, 3.63) is 34.9 Å². The standard InChI is InChI=1S/C15H17FN4O5/c16-6-13(21)19-4-3-10(7-19)18-9-1-2-12-11(5-9)14(22)20(8-17-12)15(23,24)25/h1-2,5,8,10,18,23-25H,3-4,6-7H2. The molecule has 0 radical (unpaired) electrons. The van der Waals surface area contributed by atoms with E-state index in [0.717, 1.165) is 6.33 Å². The van der Waals surface area contributed by atoms with Gasteiger partial charge in [0.25, 0.3) is 11.5 Å². The minimum atomic E-state index is -3.35. The van der Waals surface area contributed by atoms with Crippen molar-refractivity contribution in [3.63, 3.8) is 0 Å². The average Bonchev–Trinajstić information content (AvgIpc) is 3.02. The number of hydrogen-bond acceptors (Lipinski definition) is 7. The van der Waals surface area contributed by atoms with Gasteiger partial charge in [0, 0.05) is 24.8 Å². The van der Waals surface area contributed by atoms with E-state index in [1.807, 2.05) is 0 Å². The molecule has 0 bridgehead atoms. The van der Waals surface area contributed by atoms with Gasteiger partial charge in [0.2, 0.25) is 0 Å². The molecular formula is C15H17FN4O5. The van der Waals surface area contributed by atoms with Crippen LogP contribution < -0.4 is 10.9 Å². The molecule has 1 fully saturated rings. The zero-order chi connectivity index (χ0) is 18.2. The van der Waals surface area contributed by atoms with Crippen molar-refractivity contribution in [2.45, 2.75) is 18.6 Å². The van der Waals surface area contributed by atoms with Crippen molar-refractivity contribution in [1.29, 1.82) is 0 Å². The SMILES string of the molecule is O=C(CF)N1CCC(Nc2ccc3ncn(C(O)(O)O)c(=O)c3c2)C1. The number of benzene rings is 1. The minimum absolute atomic E-state index is 0.0729. The number of halogens is 1. The van der Waals surface area contributed by atoms with E-state index in [9.17, 15) is 29.3 Å². The van der Waals surface area contributed by atoms with Crippen LogP contribution in [0.15, 0.2) is 29.3 Å². The van der Waals surface area contributed by atoms with Gasteiger partial charge in [0.05, 0.1) is 10.9 Å². The molecule has 1 aromatic carbocycles. The second kappa shape index (κ2) is 6.39. The lowest BCUT2D eigenvalue weighted by Crippen LogP contribution is -2.40. The third-order valence-corrected chi connectivity index (χ3v) is 4.11. The molecule has 0 aliphatic carbocycles. The highest BCUT2D eigenvalue weighted by Gasteiger charge is 2.26. The van der Waals surface area contributed by atoms with Crippen LogP contribution in [0.25, 0.3) is 10.9 Å². The van der Waals surface area contributed by atoms with Gasteiger partial charge < -0.3 is 25.5 Å². The summed E-state index contributed by atoms with van der Waals surface area (Å²) in [5.41, 5.74) is 0.0432. The van der Waals surface area contributed by atoms with Crippen LogP contribution in [0.4, 0.5) is 10.1 Å². The van der Waals surface area contributed by atoms with Crippen molar-refractivity contribution in [1.82, 2.24) is 14.5 Å². The summed E-state index contributed by atoms with van der Waals surface area (Å²) in [5, 5.41) is 30.8. The molecular weight excluding hydrogens is 335 g/mol. The van der Waals surface area contributed by atoms with Gasteiger partial charge in [0.15, 0.2) is 6.67 Å². The van der Waals surface area contributed by atoms with Gasteiger partial charge in [-0.2, -0.15) is 0 Å². The Balaban J connectivity index is 1.85. The Morgan fingerprint density at radius 3 is 2.84 bits per heavy atom. The summed E-state index contributed by atoms with van der Waals surface area (Å²) in [4.78, 5) is 28.9. The van der Waals surface area contributed by atoms with Crippen molar-refractivity contribution in [2.24, 2.45) is 0 Å². The number of fused-ring (bicyclic) bond motifs is 1. The van der Waals surface area contributed by atoms with E-state index in [1.165, 1.54) is 11.0 Å². The van der Waals surface area contributed by atoms with E-state index in [0.29, 0.717) is 30.7 Å². The van der Waals surface area contributed by atoms with E-state index < -0.39 is 24.2 Å². The maximum atomic E-state index is 12.4. The molecule has 3 rings (SSSR count). The summed E-state index contributed by atoms with van der Waals surface area (Å²) >= 11 is 0. The summed E-state index contributed by atoms with van der Waals surface area (Å²) in [6.45, 7) is -0.228. The second-order valence-electron chi connectivity index (χ2n) is 5.85. The molecule has 1 amide bonds. The summed E-state index contributed by atoms with van der Waals surface area (Å²) in [6, 6.07) is 4.62. The molecule has 134 valence electrons. The van der Waals surface area contributed by atoms with Crippen LogP contribution in [0.3, 0.4) is 0 Å². The highest BCUT2D eigenvalue weighted by Crippen LogP contribution is 2.19. The number of nitrogens with zero attached hydrogens (tertiary/aromatic N) is 3. The third-order valence-electron chi connectivity index (χ3n) is 4.11. The summed E-state index contributed by atoms with van der Waals surface area (Å²) in [7, 11) is 0. The number of carbonyl (C=O) groups excluding carboxylic acids is 1. The van der Waals surface area contributed by atoms with Gasteiger partial charge in [0.1, 0.15) is 6.33 Å². The zero-order valence-corrected chi connectivity index (χ0v) is 13.1. The van der Waals surface area contributed by atoms with Crippen LogP contribution in [0.5, 0.6) is 0 Å². The molecule has 1 atom stereocenters. The van der Waals surface area contributed by atoms with Crippen LogP contribution in [-0.4, -0.2) is 61.5 Å². The maximum absolute atomic E-state index is 12.4. The number of amides is 1. The lowest BCUT2D eigenvalue weighted by molar-refractivity contribution is -0.377. The fourth-order valence-electron chi connectivity index (χ4n) is 2.85. The molecule has 1 unspecified atom stereocenters. The Morgan fingerprint density at radius 1 is 1.40 bits per heavy atom. The van der Waals surface area contributed by atoms with E-state index in [2.05, 4.69) is 10.3 Å². The Morgan fingerprint density at radius 2 is 2.16 bits per heavy atom. The zero-order valence-electron chi connectivity index (χ0n) is 13.1. The van der Waals surface area contributed by atoms with Gasteiger partial charge >= 0.3 is 6.10 Å². The van der Waals surface area contributed by atoms with Crippen LogP contribution in [-0.2, 0) is 10.9 Å². The fourth-order valence-corrected chi connectivity index (χ4v) is 2.85. The summed E-state index contributed by atoms with van der Waals surface area (Å²) in [6.07, 6.45) is -1.89. The number of alkyl halides is 1. The Bertz CT molecular complexity index is 863. The van der Waals surface area contributed by atoms with Gasteiger partial charge in [-0.15, -0.1) is 0 Å². The van der Waals surface area contributed by atoms with Gasteiger partial charge in [-0.1, -0.05) is 0 Å². The quantitative estimate of drug-likeness (QED) is 0.516. The lowest BCUT2D eigenvalue weighted by Gasteiger charge is -2.18. The van der Waals surface area contributed by atoms with E-state index in [4.69, 9.17) is 0 Å². The highest BCUT2D eigenvalue weighted by atomic mass is 19.1. The van der Waals surface area contributed by atoms with Crippen LogP contribution in [0.2, 0.25) is 0 Å². The normalized spacial score (nSPS) is 17.9. The lowest BCUT2D eigenvalue weighted by atomic mass is 10.2. The van der Waals surface area contributed by atoms with Gasteiger partial charge in [-0.3, -0.25) is 9.59 Å². The fraction of sp³-hybridized carbons (Fsp3) is 0.400. The number of nitrogens with one attached hydrogen (secondary N) is 1. The molecule has 2 heterocycles. The van der Waals surface area contributed by atoms with E-state index >= 15 is 0 Å². The molecule has 25 heavy (non-hydrogen) atoms. The van der Waals surface area contributed by atoms with Crippen molar-refractivity contribution in [2.75, 3.05) is 25.1 Å². The van der Waals surface area contributed by atoms with E-state index in [1.54, 1.807) is 12.1 Å². The Kier molecular flexibility index (Phi) is 4.41. The molecule has 0 saturated carbocycles. The Hall–Kier alpha value is -2.56. The monoisotopic (exact) mass is 352 g/mol. The first-order valence-electron chi connectivity index (χ1n) is 7.59. The average molecular weight is 352 g/mol. The van der Waals surface area contributed by atoms with Crippen LogP contribution in [0, 0.1) is 0 Å².